The average molecular weight is 145 g/mol. The van der Waals surface area contributed by atoms with Crippen molar-refractivity contribution in [2.45, 2.75) is 18.6 Å². The molecule has 58 valence electrons. The second kappa shape index (κ2) is 2.98. The molecule has 10 heavy (non-hydrogen) atoms. The van der Waals surface area contributed by atoms with Crippen molar-refractivity contribution < 1.29 is 14.6 Å². The highest BCUT2D eigenvalue weighted by molar-refractivity contribution is 5.76. The van der Waals surface area contributed by atoms with E-state index in [1.165, 1.54) is 7.11 Å². The predicted molar refractivity (Wildman–Crippen MR) is 34.4 cm³/mol. The van der Waals surface area contributed by atoms with Crippen molar-refractivity contribution in [3.8, 4) is 0 Å². The zero-order chi connectivity index (χ0) is 7.56. The number of carbonyl (C=O) groups is 1. The SMILES string of the molecule is COC(=O)C1C[C@H](O)CN1. The van der Waals surface area contributed by atoms with Crippen LogP contribution in [0.1, 0.15) is 6.42 Å². The van der Waals surface area contributed by atoms with Crippen LogP contribution in [0.25, 0.3) is 0 Å². The topological polar surface area (TPSA) is 58.6 Å². The normalized spacial score (nSPS) is 32.2. The van der Waals surface area contributed by atoms with E-state index in [0.29, 0.717) is 13.0 Å². The Balaban J connectivity index is 2.37. The third-order valence-electron chi connectivity index (χ3n) is 1.59. The van der Waals surface area contributed by atoms with Crippen LogP contribution in [0, 0.1) is 0 Å². The lowest BCUT2D eigenvalue weighted by molar-refractivity contribution is -0.142. The van der Waals surface area contributed by atoms with Crippen molar-refractivity contribution in [2.24, 2.45) is 0 Å². The summed E-state index contributed by atoms with van der Waals surface area (Å²) in [6, 6.07) is -0.306. The van der Waals surface area contributed by atoms with Gasteiger partial charge in [0.25, 0.3) is 0 Å². The van der Waals surface area contributed by atoms with Gasteiger partial charge in [0.15, 0.2) is 0 Å². The zero-order valence-electron chi connectivity index (χ0n) is 5.83. The molecule has 1 aliphatic rings. The lowest BCUT2D eigenvalue weighted by Gasteiger charge is -2.05. The Morgan fingerprint density at radius 2 is 2.50 bits per heavy atom. The first-order chi connectivity index (χ1) is 4.74. The summed E-state index contributed by atoms with van der Waals surface area (Å²) in [5, 5.41) is 11.8. The van der Waals surface area contributed by atoms with Gasteiger partial charge in [-0.05, 0) is 0 Å². The van der Waals surface area contributed by atoms with E-state index in [9.17, 15) is 4.79 Å². The Bertz CT molecular complexity index is 137. The van der Waals surface area contributed by atoms with Gasteiger partial charge in [-0.15, -0.1) is 0 Å². The molecule has 1 saturated heterocycles. The second-order valence-corrected chi connectivity index (χ2v) is 2.37. The molecule has 0 radical (unpaired) electrons. The van der Waals surface area contributed by atoms with Crippen molar-refractivity contribution in [3.05, 3.63) is 0 Å². The molecule has 0 spiro atoms. The van der Waals surface area contributed by atoms with Gasteiger partial charge in [-0.1, -0.05) is 0 Å². The molecule has 2 N–H and O–H groups in total. The summed E-state index contributed by atoms with van der Waals surface area (Å²) in [6.45, 7) is 0.486. The molecule has 4 nitrogen and oxygen atoms in total. The Kier molecular flexibility index (Phi) is 2.24. The van der Waals surface area contributed by atoms with Crippen LogP contribution in [-0.4, -0.2) is 36.9 Å². The first kappa shape index (κ1) is 7.50. The molecule has 0 aromatic carbocycles. The van der Waals surface area contributed by atoms with Gasteiger partial charge in [0.1, 0.15) is 6.04 Å². The van der Waals surface area contributed by atoms with Crippen LogP contribution in [-0.2, 0) is 9.53 Å². The molecular weight excluding hydrogens is 134 g/mol. The molecule has 0 aliphatic carbocycles. The number of hydrogen-bond donors (Lipinski definition) is 2. The summed E-state index contributed by atoms with van der Waals surface area (Å²) in [4.78, 5) is 10.8. The molecule has 1 fully saturated rings. The van der Waals surface area contributed by atoms with Crippen molar-refractivity contribution in [1.29, 1.82) is 0 Å². The van der Waals surface area contributed by atoms with Crippen LogP contribution < -0.4 is 5.32 Å². The molecule has 0 aromatic rings. The number of β-amino-alcohol motifs (C(OH)–C–C–N with tert-alkyl or cyclic N) is 1. The minimum atomic E-state index is -0.399. The first-order valence-electron chi connectivity index (χ1n) is 3.23. The fourth-order valence-corrected chi connectivity index (χ4v) is 1.04. The van der Waals surface area contributed by atoms with Crippen LogP contribution in [0.4, 0.5) is 0 Å². The van der Waals surface area contributed by atoms with E-state index >= 15 is 0 Å². The Labute approximate surface area is 59.2 Å². The van der Waals surface area contributed by atoms with Gasteiger partial charge in [-0.25, -0.2) is 0 Å². The maximum Gasteiger partial charge on any atom is 0.322 e. The van der Waals surface area contributed by atoms with Gasteiger partial charge in [0.2, 0.25) is 0 Å². The quantitative estimate of drug-likeness (QED) is 0.459. The van der Waals surface area contributed by atoms with Gasteiger partial charge in [-0.2, -0.15) is 0 Å². The summed E-state index contributed by atoms with van der Waals surface area (Å²) in [5.41, 5.74) is 0. The van der Waals surface area contributed by atoms with Crippen LogP contribution in [0.5, 0.6) is 0 Å². The van der Waals surface area contributed by atoms with Crippen LogP contribution in [0.15, 0.2) is 0 Å². The molecule has 1 unspecified atom stereocenters. The number of carbonyl (C=O) groups excluding carboxylic acids is 1. The van der Waals surface area contributed by atoms with Crippen molar-refractivity contribution in [3.63, 3.8) is 0 Å². The van der Waals surface area contributed by atoms with Crippen molar-refractivity contribution >= 4 is 5.97 Å². The predicted octanol–water partition coefficient (Wildman–Crippen LogP) is -1.12. The highest BCUT2D eigenvalue weighted by Crippen LogP contribution is 2.06. The third-order valence-corrected chi connectivity index (χ3v) is 1.59. The standard InChI is InChI=1S/C6H11NO3/c1-10-6(9)5-2-4(8)3-7-5/h4-5,7-8H,2-3H2,1H3/t4-,5?/m0/s1. The fourth-order valence-electron chi connectivity index (χ4n) is 1.04. The van der Waals surface area contributed by atoms with Gasteiger partial charge in [0, 0.05) is 13.0 Å². The monoisotopic (exact) mass is 145 g/mol. The summed E-state index contributed by atoms with van der Waals surface area (Å²) < 4.78 is 4.47. The fraction of sp³-hybridized carbons (Fsp3) is 0.833. The number of ether oxygens (including phenoxy) is 1. The minimum Gasteiger partial charge on any atom is -0.468 e. The number of aliphatic hydroxyl groups excluding tert-OH is 1. The maximum atomic E-state index is 10.8. The molecule has 0 aromatic heterocycles. The highest BCUT2D eigenvalue weighted by Gasteiger charge is 2.28. The number of rotatable bonds is 1. The number of methoxy groups -OCH3 is 1. The van der Waals surface area contributed by atoms with E-state index < -0.39 is 6.10 Å². The van der Waals surface area contributed by atoms with Crippen LogP contribution in [0.3, 0.4) is 0 Å². The molecule has 1 aliphatic heterocycles. The van der Waals surface area contributed by atoms with Gasteiger partial charge >= 0.3 is 5.97 Å². The lowest BCUT2D eigenvalue weighted by Crippen LogP contribution is -2.31. The van der Waals surface area contributed by atoms with E-state index in [1.807, 2.05) is 0 Å². The van der Waals surface area contributed by atoms with Gasteiger partial charge in [-0.3, -0.25) is 4.79 Å². The molecule has 1 heterocycles. The molecular formula is C6H11NO3. The lowest BCUT2D eigenvalue weighted by atomic mass is 10.2. The Hall–Kier alpha value is -0.610. The maximum absolute atomic E-state index is 10.8. The van der Waals surface area contributed by atoms with Crippen LogP contribution in [0.2, 0.25) is 0 Å². The van der Waals surface area contributed by atoms with E-state index in [2.05, 4.69) is 10.1 Å². The zero-order valence-corrected chi connectivity index (χ0v) is 5.83. The molecule has 1 rings (SSSR count). The summed E-state index contributed by atoms with van der Waals surface area (Å²) >= 11 is 0. The van der Waals surface area contributed by atoms with Gasteiger partial charge in [0.05, 0.1) is 13.2 Å². The van der Waals surface area contributed by atoms with E-state index in [4.69, 9.17) is 5.11 Å². The van der Waals surface area contributed by atoms with Crippen molar-refractivity contribution in [1.82, 2.24) is 5.32 Å². The average Bonchev–Trinajstić information content (AvgIpc) is 2.34. The number of nitrogens with one attached hydrogen (secondary N) is 1. The van der Waals surface area contributed by atoms with E-state index in [1.54, 1.807) is 0 Å². The minimum absolute atomic E-state index is 0.295. The largest absolute Gasteiger partial charge is 0.468 e. The summed E-state index contributed by atoms with van der Waals surface area (Å²) in [6.07, 6.45) is 0.0660. The number of hydrogen-bond acceptors (Lipinski definition) is 4. The first-order valence-corrected chi connectivity index (χ1v) is 3.23. The number of esters is 1. The molecule has 4 heteroatoms. The third kappa shape index (κ3) is 1.46. The van der Waals surface area contributed by atoms with Gasteiger partial charge < -0.3 is 15.2 Å². The molecule has 0 bridgehead atoms. The Morgan fingerprint density at radius 3 is 2.90 bits per heavy atom. The van der Waals surface area contributed by atoms with Crippen LogP contribution >= 0.6 is 0 Å². The second-order valence-electron chi connectivity index (χ2n) is 2.37. The smallest absolute Gasteiger partial charge is 0.322 e. The molecule has 0 saturated carbocycles. The van der Waals surface area contributed by atoms with E-state index in [-0.39, 0.29) is 12.0 Å². The number of aliphatic hydroxyl groups is 1. The highest BCUT2D eigenvalue weighted by atomic mass is 16.5. The van der Waals surface area contributed by atoms with E-state index in [0.717, 1.165) is 0 Å². The molecule has 0 amide bonds. The molecule has 2 atom stereocenters. The summed E-state index contributed by atoms with van der Waals surface area (Å²) in [5.74, 6) is -0.295. The Morgan fingerprint density at radius 1 is 1.80 bits per heavy atom. The summed E-state index contributed by atoms with van der Waals surface area (Å²) in [7, 11) is 1.34. The van der Waals surface area contributed by atoms with Crippen molar-refractivity contribution in [2.75, 3.05) is 13.7 Å².